The van der Waals surface area contributed by atoms with Crippen LogP contribution in [0.5, 0.6) is 0 Å². The first-order chi connectivity index (χ1) is 8.58. The van der Waals surface area contributed by atoms with Crippen molar-refractivity contribution >= 4 is 11.8 Å². The standard InChI is InChI=1S/C12H22N4O2/c1-15(2)9-4-3-5-16(8-9)12(18)10-6-14-11(17)7-13-10/h9-10,13H,3-8H2,1-2H3,(H,14,17). The SMILES string of the molecule is CN(C)C1CCCN(C(=O)C2CNC(=O)CN2)C1. The Hall–Kier alpha value is -1.14. The molecule has 2 heterocycles. The number of piperazine rings is 1. The molecule has 0 aliphatic carbocycles. The fourth-order valence-corrected chi connectivity index (χ4v) is 2.54. The molecule has 2 N–H and O–H groups in total. The van der Waals surface area contributed by atoms with Crippen LogP contribution >= 0.6 is 0 Å². The van der Waals surface area contributed by atoms with E-state index in [1.807, 2.05) is 4.90 Å². The molecule has 18 heavy (non-hydrogen) atoms. The summed E-state index contributed by atoms with van der Waals surface area (Å²) in [6, 6.07) is 0.185. The number of likely N-dealkylation sites (tertiary alicyclic amines) is 1. The van der Waals surface area contributed by atoms with Crippen LogP contribution in [0.25, 0.3) is 0 Å². The number of carbonyl (C=O) groups is 2. The molecule has 2 aliphatic heterocycles. The summed E-state index contributed by atoms with van der Waals surface area (Å²) in [5.74, 6) is 0.0745. The molecule has 2 fully saturated rings. The van der Waals surface area contributed by atoms with Crippen LogP contribution in [0, 0.1) is 0 Å². The summed E-state index contributed by atoms with van der Waals surface area (Å²) < 4.78 is 0. The maximum atomic E-state index is 12.3. The van der Waals surface area contributed by atoms with Crippen LogP contribution in [0.1, 0.15) is 12.8 Å². The highest BCUT2D eigenvalue weighted by Crippen LogP contribution is 2.14. The van der Waals surface area contributed by atoms with Gasteiger partial charge in [-0.3, -0.25) is 14.9 Å². The van der Waals surface area contributed by atoms with Gasteiger partial charge in [-0.15, -0.1) is 0 Å². The van der Waals surface area contributed by atoms with Crippen molar-refractivity contribution in [1.82, 2.24) is 20.4 Å². The van der Waals surface area contributed by atoms with Gasteiger partial charge in [-0.1, -0.05) is 0 Å². The van der Waals surface area contributed by atoms with Crippen molar-refractivity contribution in [2.75, 3.05) is 40.3 Å². The number of nitrogens with one attached hydrogen (secondary N) is 2. The summed E-state index contributed by atoms with van der Waals surface area (Å²) in [6.07, 6.45) is 2.19. The Morgan fingerprint density at radius 3 is 2.83 bits per heavy atom. The van der Waals surface area contributed by atoms with Crippen molar-refractivity contribution in [1.29, 1.82) is 0 Å². The quantitative estimate of drug-likeness (QED) is 0.638. The van der Waals surface area contributed by atoms with Gasteiger partial charge in [-0.2, -0.15) is 0 Å². The summed E-state index contributed by atoms with van der Waals surface area (Å²) in [4.78, 5) is 27.5. The molecular formula is C12H22N4O2. The first-order valence-corrected chi connectivity index (χ1v) is 6.53. The number of piperidine rings is 1. The average Bonchev–Trinajstić information content (AvgIpc) is 2.39. The molecule has 0 spiro atoms. The van der Waals surface area contributed by atoms with E-state index in [0.29, 0.717) is 12.6 Å². The van der Waals surface area contributed by atoms with Crippen LogP contribution in [0.4, 0.5) is 0 Å². The Kier molecular flexibility index (Phi) is 4.19. The number of hydrogen-bond donors (Lipinski definition) is 2. The number of carbonyl (C=O) groups excluding carboxylic acids is 2. The zero-order valence-electron chi connectivity index (χ0n) is 11.1. The molecule has 2 unspecified atom stereocenters. The summed E-state index contributed by atoms with van der Waals surface area (Å²) in [5.41, 5.74) is 0. The van der Waals surface area contributed by atoms with Crippen molar-refractivity contribution < 1.29 is 9.59 Å². The van der Waals surface area contributed by atoms with Crippen molar-refractivity contribution in [2.24, 2.45) is 0 Å². The molecule has 0 bridgehead atoms. The minimum atomic E-state index is -0.261. The summed E-state index contributed by atoms with van der Waals surface area (Å²) in [6.45, 7) is 2.26. The van der Waals surface area contributed by atoms with E-state index < -0.39 is 0 Å². The number of likely N-dealkylation sites (N-methyl/N-ethyl adjacent to an activating group) is 1. The van der Waals surface area contributed by atoms with Gasteiger partial charge in [0.05, 0.1) is 6.54 Å². The highest BCUT2D eigenvalue weighted by molar-refractivity contribution is 5.86. The van der Waals surface area contributed by atoms with E-state index >= 15 is 0 Å². The van der Waals surface area contributed by atoms with E-state index in [1.165, 1.54) is 0 Å². The summed E-state index contributed by atoms with van der Waals surface area (Å²) >= 11 is 0. The van der Waals surface area contributed by atoms with E-state index in [-0.39, 0.29) is 24.4 Å². The topological polar surface area (TPSA) is 64.7 Å². The molecule has 6 nitrogen and oxygen atoms in total. The normalized spacial score (nSPS) is 29.3. The van der Waals surface area contributed by atoms with Crippen LogP contribution in [0.3, 0.4) is 0 Å². The van der Waals surface area contributed by atoms with Gasteiger partial charge in [-0.05, 0) is 26.9 Å². The van der Waals surface area contributed by atoms with E-state index in [0.717, 1.165) is 25.9 Å². The molecule has 0 saturated carbocycles. The molecule has 2 saturated heterocycles. The van der Waals surface area contributed by atoms with Crippen molar-refractivity contribution in [3.05, 3.63) is 0 Å². The highest BCUT2D eigenvalue weighted by Gasteiger charge is 2.31. The first kappa shape index (κ1) is 13.3. The van der Waals surface area contributed by atoms with Crippen LogP contribution in [-0.4, -0.2) is 74.0 Å². The minimum absolute atomic E-state index is 0.0381. The van der Waals surface area contributed by atoms with E-state index in [9.17, 15) is 9.59 Å². The molecular weight excluding hydrogens is 232 g/mol. The molecule has 102 valence electrons. The van der Waals surface area contributed by atoms with Gasteiger partial charge in [-0.25, -0.2) is 0 Å². The molecule has 6 heteroatoms. The molecule has 2 aliphatic rings. The van der Waals surface area contributed by atoms with E-state index in [1.54, 1.807) is 0 Å². The molecule has 0 aromatic heterocycles. The van der Waals surface area contributed by atoms with Crippen LogP contribution < -0.4 is 10.6 Å². The number of amides is 2. The van der Waals surface area contributed by atoms with Gasteiger partial charge in [0.15, 0.2) is 0 Å². The van der Waals surface area contributed by atoms with Gasteiger partial charge in [0.1, 0.15) is 6.04 Å². The third-order valence-electron chi connectivity index (χ3n) is 3.75. The largest absolute Gasteiger partial charge is 0.353 e. The fraction of sp³-hybridized carbons (Fsp3) is 0.833. The Morgan fingerprint density at radius 1 is 1.44 bits per heavy atom. The van der Waals surface area contributed by atoms with Crippen LogP contribution in [-0.2, 0) is 9.59 Å². The molecule has 2 amide bonds. The maximum absolute atomic E-state index is 12.3. The molecule has 0 aromatic carbocycles. The molecule has 0 aromatic rings. The van der Waals surface area contributed by atoms with E-state index in [2.05, 4.69) is 29.6 Å². The van der Waals surface area contributed by atoms with Gasteiger partial charge < -0.3 is 15.1 Å². The van der Waals surface area contributed by atoms with Crippen molar-refractivity contribution in [2.45, 2.75) is 24.9 Å². The number of hydrogen-bond acceptors (Lipinski definition) is 4. The van der Waals surface area contributed by atoms with Crippen LogP contribution in [0.15, 0.2) is 0 Å². The third kappa shape index (κ3) is 3.00. The molecule has 2 rings (SSSR count). The summed E-state index contributed by atoms with van der Waals surface area (Å²) in [7, 11) is 4.11. The lowest BCUT2D eigenvalue weighted by molar-refractivity contribution is -0.136. The van der Waals surface area contributed by atoms with Gasteiger partial charge in [0.2, 0.25) is 11.8 Å². The second-order valence-corrected chi connectivity index (χ2v) is 5.28. The average molecular weight is 254 g/mol. The Balaban J connectivity index is 1.90. The predicted octanol–water partition coefficient (Wildman–Crippen LogP) is -1.37. The van der Waals surface area contributed by atoms with Crippen molar-refractivity contribution in [3.8, 4) is 0 Å². The smallest absolute Gasteiger partial charge is 0.241 e. The third-order valence-corrected chi connectivity index (χ3v) is 3.75. The fourth-order valence-electron chi connectivity index (χ4n) is 2.54. The lowest BCUT2D eigenvalue weighted by Crippen LogP contribution is -2.60. The Labute approximate surface area is 108 Å². The predicted molar refractivity (Wildman–Crippen MR) is 68.1 cm³/mol. The Morgan fingerprint density at radius 2 is 2.22 bits per heavy atom. The highest BCUT2D eigenvalue weighted by atomic mass is 16.2. The summed E-state index contributed by atoms with van der Waals surface area (Å²) in [5, 5.41) is 5.72. The monoisotopic (exact) mass is 254 g/mol. The van der Waals surface area contributed by atoms with Crippen LogP contribution in [0.2, 0.25) is 0 Å². The second kappa shape index (κ2) is 5.67. The Bertz CT molecular complexity index is 322. The maximum Gasteiger partial charge on any atom is 0.241 e. The molecule has 2 atom stereocenters. The first-order valence-electron chi connectivity index (χ1n) is 6.53. The minimum Gasteiger partial charge on any atom is -0.353 e. The second-order valence-electron chi connectivity index (χ2n) is 5.28. The van der Waals surface area contributed by atoms with Crippen molar-refractivity contribution in [3.63, 3.8) is 0 Å². The lowest BCUT2D eigenvalue weighted by atomic mass is 10.0. The van der Waals surface area contributed by atoms with Gasteiger partial charge >= 0.3 is 0 Å². The van der Waals surface area contributed by atoms with Gasteiger partial charge in [0.25, 0.3) is 0 Å². The number of nitrogens with zero attached hydrogens (tertiary/aromatic N) is 2. The molecule has 0 radical (unpaired) electrons. The van der Waals surface area contributed by atoms with Gasteiger partial charge in [0, 0.05) is 25.7 Å². The number of rotatable bonds is 2. The zero-order valence-corrected chi connectivity index (χ0v) is 11.1. The lowest BCUT2D eigenvalue weighted by Gasteiger charge is -2.38. The zero-order chi connectivity index (χ0) is 13.1. The van der Waals surface area contributed by atoms with E-state index in [4.69, 9.17) is 0 Å².